The molecule has 0 bridgehead atoms. The topological polar surface area (TPSA) is 105 Å². The van der Waals surface area contributed by atoms with Gasteiger partial charge in [0.25, 0.3) is 0 Å². The second-order valence-electron chi connectivity index (χ2n) is 12.3. The maximum absolute atomic E-state index is 12.6. The second kappa shape index (κ2) is 19.2. The van der Waals surface area contributed by atoms with E-state index in [1.165, 1.54) is 0 Å². The third-order valence-corrected chi connectivity index (χ3v) is 7.92. The van der Waals surface area contributed by atoms with Crippen LogP contribution in [-0.2, 0) is 0 Å². The molecule has 0 radical (unpaired) electrons. The molecule has 0 unspecified atom stereocenters. The van der Waals surface area contributed by atoms with Crippen molar-refractivity contribution in [3.05, 3.63) is 168 Å². The fraction of sp³-hybridized carbons (Fsp3) is 0.130. The molecule has 0 amide bonds. The first-order valence-electron chi connectivity index (χ1n) is 18.0. The van der Waals surface area contributed by atoms with Crippen molar-refractivity contribution in [2.45, 2.75) is 26.7 Å². The molecule has 0 saturated carbocycles. The number of hydrogen-bond donors (Lipinski definition) is 0. The molecular weight excluding hydrogens is 693 g/mol. The average Bonchev–Trinajstić information content (AvgIpc) is 3.22. The van der Waals surface area contributed by atoms with Crippen LogP contribution in [0.4, 0.5) is 11.4 Å². The summed E-state index contributed by atoms with van der Waals surface area (Å²) in [5.74, 6) is 2.72. The Kier molecular flexibility index (Phi) is 13.2. The van der Waals surface area contributed by atoms with Gasteiger partial charge in [0.05, 0.1) is 35.7 Å². The van der Waals surface area contributed by atoms with Crippen LogP contribution in [-0.4, -0.2) is 37.6 Å². The van der Waals surface area contributed by atoms with E-state index in [9.17, 15) is 9.59 Å². The van der Waals surface area contributed by atoms with Crippen molar-refractivity contribution in [2.24, 2.45) is 9.98 Å². The van der Waals surface area contributed by atoms with Gasteiger partial charge in [-0.25, -0.2) is 9.59 Å². The summed E-state index contributed by atoms with van der Waals surface area (Å²) < 4.78 is 28.2. The number of esters is 2. The Bertz CT molecular complexity index is 2210. The summed E-state index contributed by atoms with van der Waals surface area (Å²) >= 11 is 0. The van der Waals surface area contributed by atoms with Crippen molar-refractivity contribution in [1.29, 1.82) is 0 Å². The maximum atomic E-state index is 12.6. The number of ether oxygens (including phenoxy) is 5. The Balaban J connectivity index is 0.968. The zero-order chi connectivity index (χ0) is 38.2. The van der Waals surface area contributed by atoms with Crippen LogP contribution < -0.4 is 23.7 Å². The monoisotopic (exact) mass is 732 g/mol. The standard InChI is InChI=1S/C46H40N2O7/c1-3-28-51-39-22-12-35(13-23-39)45(49)54-42-18-8-33(9-19-42)31-47-37-16-26-41(27-17-37)53-44-7-5-6-38(30-44)48-32-34-10-20-43(21-11-34)55-46(50)36-14-24-40(25-15-36)52-29-4-2/h5-27,30-32H,3-4,28-29H2,1-2H3. The van der Waals surface area contributed by atoms with E-state index >= 15 is 0 Å². The minimum atomic E-state index is -0.441. The summed E-state index contributed by atoms with van der Waals surface area (Å²) in [6, 6.07) is 42.9. The van der Waals surface area contributed by atoms with E-state index in [1.807, 2.05) is 86.6 Å². The molecule has 6 aromatic rings. The van der Waals surface area contributed by atoms with E-state index in [2.05, 4.69) is 9.98 Å². The number of carbonyl (C=O) groups is 2. The average molecular weight is 733 g/mol. The lowest BCUT2D eigenvalue weighted by atomic mass is 10.2. The van der Waals surface area contributed by atoms with E-state index in [4.69, 9.17) is 23.7 Å². The van der Waals surface area contributed by atoms with Crippen LogP contribution >= 0.6 is 0 Å². The zero-order valence-electron chi connectivity index (χ0n) is 30.6. The Hall–Kier alpha value is -7.00. The van der Waals surface area contributed by atoms with E-state index in [1.54, 1.807) is 85.2 Å². The van der Waals surface area contributed by atoms with Gasteiger partial charge in [0.2, 0.25) is 0 Å². The Morgan fingerprint density at radius 1 is 0.473 bits per heavy atom. The lowest BCUT2D eigenvalue weighted by molar-refractivity contribution is 0.0725. The van der Waals surface area contributed by atoms with Gasteiger partial charge in [-0.05, 0) is 157 Å². The Morgan fingerprint density at radius 3 is 1.38 bits per heavy atom. The second-order valence-corrected chi connectivity index (χ2v) is 12.3. The zero-order valence-corrected chi connectivity index (χ0v) is 30.6. The first kappa shape index (κ1) is 37.7. The summed E-state index contributed by atoms with van der Waals surface area (Å²) in [6.07, 6.45) is 5.30. The fourth-order valence-electron chi connectivity index (χ4n) is 5.05. The van der Waals surface area contributed by atoms with Gasteiger partial charge < -0.3 is 23.7 Å². The predicted molar refractivity (Wildman–Crippen MR) is 215 cm³/mol. The number of carbonyl (C=O) groups excluding carboxylic acids is 2. The predicted octanol–water partition coefficient (Wildman–Crippen LogP) is 11.0. The molecule has 6 rings (SSSR count). The van der Waals surface area contributed by atoms with Crippen molar-refractivity contribution in [3.63, 3.8) is 0 Å². The first-order valence-corrected chi connectivity index (χ1v) is 18.0. The molecule has 0 saturated heterocycles. The molecule has 9 heteroatoms. The van der Waals surface area contributed by atoms with Gasteiger partial charge >= 0.3 is 11.9 Å². The number of benzene rings is 6. The molecule has 0 heterocycles. The van der Waals surface area contributed by atoms with Gasteiger partial charge in [-0.3, -0.25) is 9.98 Å². The molecule has 0 spiro atoms. The number of hydrogen-bond acceptors (Lipinski definition) is 9. The maximum Gasteiger partial charge on any atom is 0.343 e. The third kappa shape index (κ3) is 11.5. The smallest absolute Gasteiger partial charge is 0.343 e. The van der Waals surface area contributed by atoms with Gasteiger partial charge in [-0.1, -0.05) is 19.9 Å². The van der Waals surface area contributed by atoms with Crippen LogP contribution in [0.1, 0.15) is 58.5 Å². The molecule has 0 atom stereocenters. The van der Waals surface area contributed by atoms with Crippen molar-refractivity contribution < 1.29 is 33.3 Å². The van der Waals surface area contributed by atoms with Crippen molar-refractivity contribution in [1.82, 2.24) is 0 Å². The molecule has 0 aliphatic rings. The summed E-state index contributed by atoms with van der Waals surface area (Å²) in [5, 5.41) is 0. The lowest BCUT2D eigenvalue weighted by Gasteiger charge is -2.07. The molecule has 0 N–H and O–H groups in total. The number of rotatable bonds is 16. The van der Waals surface area contributed by atoms with Crippen LogP contribution in [0.25, 0.3) is 0 Å². The SMILES string of the molecule is CCCOc1ccc(C(=O)Oc2ccc(C=Nc3ccc(Oc4cccc(N=Cc5ccc(OC(=O)c6ccc(OCCC)cc6)cc5)c4)cc3)cc2)cc1. The van der Waals surface area contributed by atoms with Gasteiger partial charge in [0, 0.05) is 18.5 Å². The quantitative estimate of drug-likeness (QED) is 0.0554. The van der Waals surface area contributed by atoms with Crippen molar-refractivity contribution >= 4 is 35.7 Å². The highest BCUT2D eigenvalue weighted by atomic mass is 16.5. The fourth-order valence-corrected chi connectivity index (χ4v) is 5.05. The molecule has 6 aromatic carbocycles. The van der Waals surface area contributed by atoms with E-state index in [-0.39, 0.29) is 0 Å². The normalized spacial score (nSPS) is 11.0. The van der Waals surface area contributed by atoms with Crippen molar-refractivity contribution in [3.8, 4) is 34.5 Å². The molecule has 276 valence electrons. The third-order valence-electron chi connectivity index (χ3n) is 7.92. The van der Waals surface area contributed by atoms with E-state index < -0.39 is 11.9 Å². The van der Waals surface area contributed by atoms with Crippen molar-refractivity contribution in [2.75, 3.05) is 13.2 Å². The summed E-state index contributed by atoms with van der Waals surface area (Å²) in [4.78, 5) is 34.3. The lowest BCUT2D eigenvalue weighted by Crippen LogP contribution is -2.08. The molecule has 55 heavy (non-hydrogen) atoms. The van der Waals surface area contributed by atoms with Gasteiger partial charge in [0.15, 0.2) is 0 Å². The molecule has 0 fully saturated rings. The van der Waals surface area contributed by atoms with Crippen LogP contribution in [0.2, 0.25) is 0 Å². The van der Waals surface area contributed by atoms with E-state index in [0.29, 0.717) is 53.0 Å². The highest BCUT2D eigenvalue weighted by Crippen LogP contribution is 2.27. The van der Waals surface area contributed by atoms with Crippen LogP contribution in [0.3, 0.4) is 0 Å². The highest BCUT2D eigenvalue weighted by molar-refractivity contribution is 5.92. The molecule has 0 aliphatic carbocycles. The molecular formula is C46H40N2O7. The van der Waals surface area contributed by atoms with Crippen LogP contribution in [0.15, 0.2) is 156 Å². The Morgan fingerprint density at radius 2 is 0.909 bits per heavy atom. The first-order chi connectivity index (χ1) is 26.9. The number of nitrogens with zero attached hydrogens (tertiary/aromatic N) is 2. The molecule has 0 aromatic heterocycles. The van der Waals surface area contributed by atoms with E-state index in [0.717, 1.165) is 41.2 Å². The number of aliphatic imine (C=N–C) groups is 2. The molecule has 9 nitrogen and oxygen atoms in total. The summed E-state index contributed by atoms with van der Waals surface area (Å²) in [5.41, 5.74) is 4.05. The van der Waals surface area contributed by atoms with Crippen LogP contribution in [0, 0.1) is 0 Å². The van der Waals surface area contributed by atoms with Gasteiger partial charge in [0.1, 0.15) is 34.5 Å². The summed E-state index contributed by atoms with van der Waals surface area (Å²) in [7, 11) is 0. The Labute approximate surface area is 320 Å². The summed E-state index contributed by atoms with van der Waals surface area (Å²) in [6.45, 7) is 5.33. The van der Waals surface area contributed by atoms with Gasteiger partial charge in [-0.2, -0.15) is 0 Å². The van der Waals surface area contributed by atoms with Crippen LogP contribution in [0.5, 0.6) is 34.5 Å². The molecule has 0 aliphatic heterocycles. The largest absolute Gasteiger partial charge is 0.494 e. The minimum absolute atomic E-state index is 0.436. The highest BCUT2D eigenvalue weighted by Gasteiger charge is 2.10. The van der Waals surface area contributed by atoms with Gasteiger partial charge in [-0.15, -0.1) is 0 Å². The minimum Gasteiger partial charge on any atom is -0.494 e.